The Hall–Kier alpha value is -0.440. The highest BCUT2D eigenvalue weighted by Crippen LogP contribution is 2.29. The Morgan fingerprint density at radius 3 is 2.50 bits per heavy atom. The number of halogens is 2. The summed E-state index contributed by atoms with van der Waals surface area (Å²) in [6.45, 7) is 4.22. The summed E-state index contributed by atoms with van der Waals surface area (Å²) < 4.78 is 5.62. The van der Waals surface area contributed by atoms with Crippen LogP contribution in [0.3, 0.4) is 0 Å². The zero-order valence-electron chi connectivity index (χ0n) is 8.18. The number of nitrogens with two attached hydrogens (primary N) is 1. The normalized spacial score (nSPS) is 11.5. The summed E-state index contributed by atoms with van der Waals surface area (Å²) in [5.41, 5.74) is 5.12. The lowest BCUT2D eigenvalue weighted by atomic mass is 10.1. The highest BCUT2D eigenvalue weighted by Gasteiger charge is 2.18. The van der Waals surface area contributed by atoms with Crippen molar-refractivity contribution in [3.8, 4) is 5.75 Å². The van der Waals surface area contributed by atoms with E-state index in [1.54, 1.807) is 18.2 Å². The first-order chi connectivity index (χ1) is 6.44. The van der Waals surface area contributed by atoms with Gasteiger partial charge in [0.2, 0.25) is 0 Å². The van der Waals surface area contributed by atoms with Crippen LogP contribution in [0.4, 0.5) is 0 Å². The van der Waals surface area contributed by atoms with Gasteiger partial charge in [0, 0.05) is 11.6 Å². The van der Waals surface area contributed by atoms with E-state index in [2.05, 4.69) is 0 Å². The second kappa shape index (κ2) is 4.39. The highest BCUT2D eigenvalue weighted by atomic mass is 35.5. The summed E-state index contributed by atoms with van der Waals surface area (Å²) in [4.78, 5) is 0. The van der Waals surface area contributed by atoms with Crippen LogP contribution in [-0.2, 0) is 0 Å². The van der Waals surface area contributed by atoms with Crippen molar-refractivity contribution in [3.63, 3.8) is 0 Å². The zero-order chi connectivity index (χ0) is 10.8. The molecular formula is C10H13Cl2NO. The molecule has 78 valence electrons. The fourth-order valence-electron chi connectivity index (χ4n) is 0.897. The SMILES string of the molecule is CC(C)(CN)Oc1ccc(Cl)cc1Cl. The molecule has 0 aromatic heterocycles. The van der Waals surface area contributed by atoms with Crippen molar-refractivity contribution in [2.45, 2.75) is 19.4 Å². The highest BCUT2D eigenvalue weighted by molar-refractivity contribution is 6.35. The molecule has 0 spiro atoms. The average Bonchev–Trinajstić information content (AvgIpc) is 2.10. The van der Waals surface area contributed by atoms with Crippen molar-refractivity contribution in [3.05, 3.63) is 28.2 Å². The lowest BCUT2D eigenvalue weighted by Gasteiger charge is -2.25. The Bertz CT molecular complexity index is 326. The molecule has 0 bridgehead atoms. The van der Waals surface area contributed by atoms with E-state index in [1.807, 2.05) is 13.8 Å². The van der Waals surface area contributed by atoms with Crippen LogP contribution in [0.1, 0.15) is 13.8 Å². The monoisotopic (exact) mass is 233 g/mol. The van der Waals surface area contributed by atoms with Gasteiger partial charge in [-0.25, -0.2) is 0 Å². The maximum Gasteiger partial charge on any atom is 0.138 e. The third kappa shape index (κ3) is 3.05. The van der Waals surface area contributed by atoms with Crippen molar-refractivity contribution in [2.24, 2.45) is 5.73 Å². The Morgan fingerprint density at radius 2 is 2.00 bits per heavy atom. The molecule has 0 heterocycles. The fourth-order valence-corrected chi connectivity index (χ4v) is 1.34. The molecule has 0 saturated carbocycles. The number of ether oxygens (including phenoxy) is 1. The predicted molar refractivity (Wildman–Crippen MR) is 60.2 cm³/mol. The Balaban J connectivity index is 2.87. The maximum absolute atomic E-state index is 5.94. The van der Waals surface area contributed by atoms with Gasteiger partial charge >= 0.3 is 0 Å². The van der Waals surface area contributed by atoms with E-state index in [9.17, 15) is 0 Å². The summed E-state index contributed by atoms with van der Waals surface area (Å²) in [5.74, 6) is 0.603. The van der Waals surface area contributed by atoms with E-state index < -0.39 is 5.60 Å². The van der Waals surface area contributed by atoms with E-state index >= 15 is 0 Å². The van der Waals surface area contributed by atoms with Crippen molar-refractivity contribution in [2.75, 3.05) is 6.54 Å². The smallest absolute Gasteiger partial charge is 0.138 e. The molecule has 0 unspecified atom stereocenters. The van der Waals surface area contributed by atoms with Crippen LogP contribution in [0.25, 0.3) is 0 Å². The molecule has 2 nitrogen and oxygen atoms in total. The molecule has 1 rings (SSSR count). The molecule has 0 atom stereocenters. The standard InChI is InChI=1S/C10H13Cl2NO/c1-10(2,6-13)14-9-4-3-7(11)5-8(9)12/h3-5H,6,13H2,1-2H3. The molecule has 0 amide bonds. The minimum Gasteiger partial charge on any atom is -0.485 e. The van der Waals surface area contributed by atoms with Crippen molar-refractivity contribution < 1.29 is 4.74 Å². The first-order valence-corrected chi connectivity index (χ1v) is 5.04. The van der Waals surface area contributed by atoms with Crippen LogP contribution in [0.15, 0.2) is 18.2 Å². The summed E-state index contributed by atoms with van der Waals surface area (Å²) >= 11 is 11.7. The average molecular weight is 234 g/mol. The molecular weight excluding hydrogens is 221 g/mol. The van der Waals surface area contributed by atoms with Gasteiger partial charge in [0.05, 0.1) is 5.02 Å². The molecule has 2 N–H and O–H groups in total. The van der Waals surface area contributed by atoms with Crippen molar-refractivity contribution >= 4 is 23.2 Å². The van der Waals surface area contributed by atoms with Crippen LogP contribution in [-0.4, -0.2) is 12.1 Å². The summed E-state index contributed by atoms with van der Waals surface area (Å²) in [5, 5.41) is 1.09. The molecule has 0 radical (unpaired) electrons. The largest absolute Gasteiger partial charge is 0.485 e. The van der Waals surface area contributed by atoms with E-state index in [0.717, 1.165) is 0 Å². The minimum atomic E-state index is -0.419. The summed E-state index contributed by atoms with van der Waals surface area (Å²) in [7, 11) is 0. The molecule has 14 heavy (non-hydrogen) atoms. The van der Waals surface area contributed by atoms with Gasteiger partial charge in [0.15, 0.2) is 0 Å². The molecule has 0 aliphatic heterocycles. The quantitative estimate of drug-likeness (QED) is 0.871. The van der Waals surface area contributed by atoms with Crippen LogP contribution in [0.5, 0.6) is 5.75 Å². The first-order valence-electron chi connectivity index (χ1n) is 4.29. The second-order valence-electron chi connectivity index (χ2n) is 3.64. The molecule has 1 aromatic carbocycles. The van der Waals surface area contributed by atoms with Gasteiger partial charge in [-0.3, -0.25) is 0 Å². The van der Waals surface area contributed by atoms with E-state index in [-0.39, 0.29) is 0 Å². The van der Waals surface area contributed by atoms with Crippen LogP contribution < -0.4 is 10.5 Å². The predicted octanol–water partition coefficient (Wildman–Crippen LogP) is 3.11. The van der Waals surface area contributed by atoms with Gasteiger partial charge in [0.25, 0.3) is 0 Å². The number of rotatable bonds is 3. The van der Waals surface area contributed by atoms with E-state index in [1.165, 1.54) is 0 Å². The summed E-state index contributed by atoms with van der Waals surface area (Å²) in [6, 6.07) is 5.11. The van der Waals surface area contributed by atoms with Crippen LogP contribution in [0, 0.1) is 0 Å². The van der Waals surface area contributed by atoms with Crippen molar-refractivity contribution in [1.82, 2.24) is 0 Å². The lowest BCUT2D eigenvalue weighted by molar-refractivity contribution is 0.119. The third-order valence-electron chi connectivity index (χ3n) is 1.77. The van der Waals surface area contributed by atoms with Gasteiger partial charge in [-0.2, -0.15) is 0 Å². The Labute approximate surface area is 94.0 Å². The second-order valence-corrected chi connectivity index (χ2v) is 4.48. The molecule has 0 aliphatic carbocycles. The van der Waals surface area contributed by atoms with E-state index in [0.29, 0.717) is 22.3 Å². The number of hydrogen-bond donors (Lipinski definition) is 1. The fraction of sp³-hybridized carbons (Fsp3) is 0.400. The molecule has 0 fully saturated rings. The Morgan fingerprint density at radius 1 is 1.36 bits per heavy atom. The first kappa shape index (κ1) is 11.6. The molecule has 1 aromatic rings. The van der Waals surface area contributed by atoms with Crippen molar-refractivity contribution in [1.29, 1.82) is 0 Å². The zero-order valence-corrected chi connectivity index (χ0v) is 9.69. The van der Waals surface area contributed by atoms with Crippen LogP contribution >= 0.6 is 23.2 Å². The van der Waals surface area contributed by atoms with Gasteiger partial charge < -0.3 is 10.5 Å². The van der Waals surface area contributed by atoms with Gasteiger partial charge in [0.1, 0.15) is 11.4 Å². The lowest BCUT2D eigenvalue weighted by Crippen LogP contribution is -2.37. The van der Waals surface area contributed by atoms with Gasteiger partial charge in [-0.05, 0) is 32.0 Å². The molecule has 0 aliphatic rings. The summed E-state index contributed by atoms with van der Waals surface area (Å²) in [6.07, 6.45) is 0. The van der Waals surface area contributed by atoms with Crippen LogP contribution in [0.2, 0.25) is 10.0 Å². The number of hydrogen-bond acceptors (Lipinski definition) is 2. The maximum atomic E-state index is 5.94. The molecule has 4 heteroatoms. The number of benzene rings is 1. The van der Waals surface area contributed by atoms with Gasteiger partial charge in [-0.1, -0.05) is 23.2 Å². The topological polar surface area (TPSA) is 35.2 Å². The van der Waals surface area contributed by atoms with Gasteiger partial charge in [-0.15, -0.1) is 0 Å². The molecule has 0 saturated heterocycles. The third-order valence-corrected chi connectivity index (χ3v) is 2.30. The van der Waals surface area contributed by atoms with E-state index in [4.69, 9.17) is 33.7 Å². The minimum absolute atomic E-state index is 0.419. The Kier molecular flexibility index (Phi) is 3.65.